The zero-order chi connectivity index (χ0) is 15.9. The molecule has 0 saturated carbocycles. The van der Waals surface area contributed by atoms with Crippen molar-refractivity contribution in [2.45, 2.75) is 27.2 Å². The fourth-order valence-electron chi connectivity index (χ4n) is 2.12. The topological polar surface area (TPSA) is 30.7 Å². The Morgan fingerprint density at radius 2 is 1.95 bits per heavy atom. The molecule has 2 aromatic rings. The molecule has 0 amide bonds. The Kier molecular flexibility index (Phi) is 5.42. The molecule has 0 saturated heterocycles. The van der Waals surface area contributed by atoms with Crippen LogP contribution in [0.15, 0.2) is 54.1 Å². The van der Waals surface area contributed by atoms with Gasteiger partial charge >= 0.3 is 0 Å². The molecule has 3 nitrogen and oxygen atoms in total. The Morgan fingerprint density at radius 3 is 2.59 bits per heavy atom. The Bertz CT molecular complexity index is 706. The molecule has 2 rings (SSSR count). The van der Waals surface area contributed by atoms with Crippen LogP contribution in [0.4, 0.5) is 4.39 Å². The summed E-state index contributed by atoms with van der Waals surface area (Å²) >= 11 is 0. The number of nitrogens with zero attached hydrogens (tertiary/aromatic N) is 3. The van der Waals surface area contributed by atoms with Crippen molar-refractivity contribution >= 4 is 6.20 Å². The first-order chi connectivity index (χ1) is 10.7. The average molecular weight is 297 g/mol. The molecular formula is C18H20FN3. The maximum Gasteiger partial charge on any atom is 0.168 e. The quantitative estimate of drug-likeness (QED) is 0.753. The first-order valence-corrected chi connectivity index (χ1v) is 7.33. The highest BCUT2D eigenvalue weighted by atomic mass is 19.1. The van der Waals surface area contributed by atoms with Crippen LogP contribution in [-0.4, -0.2) is 14.8 Å². The standard InChI is InChI=1S/C18H20FN3/c1-4-7-14(3)8-6-13-22-17(5-2)20-21-18(22)15-9-11-16(19)12-10-15/h4,6-13H,5H2,1-3H3/b7-4+,13-6+,14-8-. The molecule has 0 spiro atoms. The highest BCUT2D eigenvalue weighted by Crippen LogP contribution is 2.19. The van der Waals surface area contributed by atoms with Gasteiger partial charge in [0.2, 0.25) is 0 Å². The van der Waals surface area contributed by atoms with E-state index in [2.05, 4.69) is 10.2 Å². The number of hydrogen-bond donors (Lipinski definition) is 0. The fourth-order valence-corrected chi connectivity index (χ4v) is 2.12. The highest BCUT2D eigenvalue weighted by Gasteiger charge is 2.10. The number of rotatable bonds is 5. The Balaban J connectivity index is 2.37. The van der Waals surface area contributed by atoms with Gasteiger partial charge in [0.1, 0.15) is 11.6 Å². The average Bonchev–Trinajstić information content (AvgIpc) is 2.91. The zero-order valence-corrected chi connectivity index (χ0v) is 13.1. The SMILES string of the molecule is C/C=C/C(C)=C\C=C\n1c(CC)nnc1-c1ccc(F)cc1. The van der Waals surface area contributed by atoms with Crippen molar-refractivity contribution in [1.29, 1.82) is 0 Å². The minimum absolute atomic E-state index is 0.258. The summed E-state index contributed by atoms with van der Waals surface area (Å²) in [5, 5.41) is 8.43. The van der Waals surface area contributed by atoms with Crippen LogP contribution in [0.2, 0.25) is 0 Å². The van der Waals surface area contributed by atoms with Gasteiger partial charge in [-0.3, -0.25) is 4.57 Å². The van der Waals surface area contributed by atoms with E-state index in [9.17, 15) is 4.39 Å². The van der Waals surface area contributed by atoms with E-state index in [-0.39, 0.29) is 5.82 Å². The van der Waals surface area contributed by atoms with Crippen molar-refractivity contribution in [3.8, 4) is 11.4 Å². The molecule has 1 heterocycles. The van der Waals surface area contributed by atoms with E-state index in [1.807, 2.05) is 55.8 Å². The molecular weight excluding hydrogens is 277 g/mol. The van der Waals surface area contributed by atoms with Crippen molar-refractivity contribution in [2.75, 3.05) is 0 Å². The van der Waals surface area contributed by atoms with Crippen LogP contribution in [0.5, 0.6) is 0 Å². The van der Waals surface area contributed by atoms with Crippen molar-refractivity contribution in [2.24, 2.45) is 0 Å². The summed E-state index contributed by atoms with van der Waals surface area (Å²) in [6, 6.07) is 6.29. The van der Waals surface area contributed by atoms with Crippen molar-refractivity contribution < 1.29 is 4.39 Å². The second kappa shape index (κ2) is 7.50. The molecule has 0 atom stereocenters. The summed E-state index contributed by atoms with van der Waals surface area (Å²) in [6.07, 6.45) is 10.7. The molecule has 114 valence electrons. The summed E-state index contributed by atoms with van der Waals surface area (Å²) in [5.41, 5.74) is 2.00. The first kappa shape index (κ1) is 15.9. The number of hydrogen-bond acceptors (Lipinski definition) is 2. The van der Waals surface area contributed by atoms with E-state index in [0.29, 0.717) is 5.82 Å². The monoisotopic (exact) mass is 297 g/mol. The van der Waals surface area contributed by atoms with Crippen molar-refractivity contribution in [1.82, 2.24) is 14.8 Å². The molecule has 0 unspecified atom stereocenters. The Labute approximate surface area is 130 Å². The van der Waals surface area contributed by atoms with Crippen LogP contribution in [0.25, 0.3) is 17.6 Å². The van der Waals surface area contributed by atoms with Crippen LogP contribution in [0, 0.1) is 5.82 Å². The second-order valence-electron chi connectivity index (χ2n) is 4.92. The minimum Gasteiger partial charge on any atom is -0.286 e. The molecule has 22 heavy (non-hydrogen) atoms. The number of benzene rings is 1. The maximum absolute atomic E-state index is 13.1. The van der Waals surface area contributed by atoms with E-state index >= 15 is 0 Å². The lowest BCUT2D eigenvalue weighted by molar-refractivity contribution is 0.628. The molecule has 0 aliphatic carbocycles. The number of halogens is 1. The highest BCUT2D eigenvalue weighted by molar-refractivity contribution is 5.58. The third kappa shape index (κ3) is 3.79. The van der Waals surface area contributed by atoms with Gasteiger partial charge in [0.05, 0.1) is 0 Å². The molecule has 0 fully saturated rings. The van der Waals surface area contributed by atoms with E-state index in [0.717, 1.165) is 23.4 Å². The molecule has 0 aliphatic rings. The van der Waals surface area contributed by atoms with Gasteiger partial charge in [0, 0.05) is 18.2 Å². The minimum atomic E-state index is -0.258. The smallest absolute Gasteiger partial charge is 0.168 e. The molecule has 0 aliphatic heterocycles. The summed E-state index contributed by atoms with van der Waals surface area (Å²) in [6.45, 7) is 6.06. The van der Waals surface area contributed by atoms with Gasteiger partial charge in [-0.05, 0) is 44.2 Å². The van der Waals surface area contributed by atoms with Crippen molar-refractivity contribution in [3.63, 3.8) is 0 Å². The lowest BCUT2D eigenvalue weighted by Gasteiger charge is -2.04. The van der Waals surface area contributed by atoms with Gasteiger partial charge in [0.25, 0.3) is 0 Å². The van der Waals surface area contributed by atoms with Gasteiger partial charge in [-0.15, -0.1) is 10.2 Å². The molecule has 0 radical (unpaired) electrons. The molecule has 1 aromatic carbocycles. The molecule has 1 aromatic heterocycles. The lowest BCUT2D eigenvalue weighted by atomic mass is 10.2. The Hall–Kier alpha value is -2.49. The fraction of sp³-hybridized carbons (Fsp3) is 0.222. The summed E-state index contributed by atoms with van der Waals surface area (Å²) in [7, 11) is 0. The van der Waals surface area contributed by atoms with E-state index in [4.69, 9.17) is 0 Å². The summed E-state index contributed by atoms with van der Waals surface area (Å²) < 4.78 is 15.0. The zero-order valence-electron chi connectivity index (χ0n) is 13.1. The summed E-state index contributed by atoms with van der Waals surface area (Å²) in [5.74, 6) is 1.32. The Morgan fingerprint density at radius 1 is 1.23 bits per heavy atom. The predicted molar refractivity (Wildman–Crippen MR) is 88.7 cm³/mol. The number of aryl methyl sites for hydroxylation is 1. The molecule has 0 N–H and O–H groups in total. The van der Waals surface area contributed by atoms with Crippen LogP contribution < -0.4 is 0 Å². The molecule has 4 heteroatoms. The van der Waals surface area contributed by atoms with Crippen LogP contribution in [0.1, 0.15) is 26.6 Å². The maximum atomic E-state index is 13.1. The van der Waals surface area contributed by atoms with Gasteiger partial charge in [-0.2, -0.15) is 0 Å². The van der Waals surface area contributed by atoms with Gasteiger partial charge in [-0.1, -0.05) is 30.7 Å². The predicted octanol–water partition coefficient (Wildman–Crippen LogP) is 4.64. The lowest BCUT2D eigenvalue weighted by Crippen LogP contribution is -1.97. The van der Waals surface area contributed by atoms with Gasteiger partial charge in [-0.25, -0.2) is 4.39 Å². The van der Waals surface area contributed by atoms with Crippen LogP contribution in [0.3, 0.4) is 0 Å². The van der Waals surface area contributed by atoms with E-state index < -0.39 is 0 Å². The third-order valence-corrected chi connectivity index (χ3v) is 3.21. The largest absolute Gasteiger partial charge is 0.286 e. The van der Waals surface area contributed by atoms with E-state index in [1.165, 1.54) is 12.1 Å². The number of aromatic nitrogens is 3. The number of allylic oxidation sites excluding steroid dienone is 5. The normalized spacial score (nSPS) is 12.6. The van der Waals surface area contributed by atoms with E-state index in [1.54, 1.807) is 12.1 Å². The van der Waals surface area contributed by atoms with Crippen LogP contribution >= 0.6 is 0 Å². The van der Waals surface area contributed by atoms with Crippen LogP contribution in [-0.2, 0) is 6.42 Å². The second-order valence-corrected chi connectivity index (χ2v) is 4.92. The third-order valence-electron chi connectivity index (χ3n) is 3.21. The first-order valence-electron chi connectivity index (χ1n) is 7.33. The van der Waals surface area contributed by atoms with Gasteiger partial charge in [0.15, 0.2) is 5.82 Å². The molecule has 0 bridgehead atoms. The summed E-state index contributed by atoms with van der Waals surface area (Å²) in [4.78, 5) is 0. The van der Waals surface area contributed by atoms with Crippen molar-refractivity contribution in [3.05, 3.63) is 65.8 Å². The van der Waals surface area contributed by atoms with Gasteiger partial charge < -0.3 is 0 Å².